The molecule has 0 aliphatic carbocycles. The van der Waals surface area contributed by atoms with E-state index in [1.807, 2.05) is 4.90 Å². The van der Waals surface area contributed by atoms with E-state index >= 15 is 0 Å². The van der Waals surface area contributed by atoms with Gasteiger partial charge in [0.25, 0.3) is 0 Å². The first-order chi connectivity index (χ1) is 11.5. The topological polar surface area (TPSA) is 69.6 Å². The highest BCUT2D eigenvalue weighted by atomic mass is 16.2. The summed E-state index contributed by atoms with van der Waals surface area (Å²) in [5, 5.41) is 0. The number of hydrogen-bond donors (Lipinski definition) is 0. The van der Waals surface area contributed by atoms with E-state index in [0.717, 1.165) is 13.1 Å². The molecule has 0 bridgehead atoms. The van der Waals surface area contributed by atoms with Crippen LogP contribution in [0.3, 0.4) is 0 Å². The van der Waals surface area contributed by atoms with E-state index in [-0.39, 0.29) is 11.8 Å². The number of hydrogen-bond acceptors (Lipinski definition) is 5. The SMILES string of the molecule is CC(=O)N(CCC(=O)N1CCN(c2ncccn2)CC1)CC(C)C. The summed E-state index contributed by atoms with van der Waals surface area (Å²) in [7, 11) is 0. The highest BCUT2D eigenvalue weighted by molar-refractivity contribution is 5.78. The molecular weight excluding hydrogens is 306 g/mol. The van der Waals surface area contributed by atoms with Crippen molar-refractivity contribution in [2.75, 3.05) is 44.2 Å². The van der Waals surface area contributed by atoms with Crippen molar-refractivity contribution in [2.45, 2.75) is 27.2 Å². The lowest BCUT2D eigenvalue weighted by atomic mass is 10.2. The molecule has 0 saturated carbocycles. The molecule has 0 N–H and O–H groups in total. The first-order valence-corrected chi connectivity index (χ1v) is 8.52. The minimum absolute atomic E-state index is 0.0301. The Morgan fingerprint density at radius 2 is 1.79 bits per heavy atom. The standard InChI is InChI=1S/C17H27N5O2/c1-14(2)13-22(15(3)23)8-5-16(24)20-9-11-21(12-10-20)17-18-6-4-7-19-17/h4,6-7,14H,5,8-13H2,1-3H3. The molecule has 1 fully saturated rings. The number of piperazine rings is 1. The third kappa shape index (κ3) is 5.18. The molecule has 0 radical (unpaired) electrons. The van der Waals surface area contributed by atoms with Crippen LogP contribution in [0.25, 0.3) is 0 Å². The van der Waals surface area contributed by atoms with Gasteiger partial charge in [0.2, 0.25) is 17.8 Å². The molecule has 2 amide bonds. The minimum atomic E-state index is 0.0301. The van der Waals surface area contributed by atoms with Gasteiger partial charge in [-0.15, -0.1) is 0 Å². The van der Waals surface area contributed by atoms with Gasteiger partial charge >= 0.3 is 0 Å². The molecule has 2 heterocycles. The van der Waals surface area contributed by atoms with E-state index in [2.05, 4.69) is 28.7 Å². The number of anilines is 1. The third-order valence-corrected chi connectivity index (χ3v) is 4.09. The molecule has 7 heteroatoms. The van der Waals surface area contributed by atoms with Crippen molar-refractivity contribution < 1.29 is 9.59 Å². The molecule has 2 rings (SSSR count). The summed E-state index contributed by atoms with van der Waals surface area (Å²) < 4.78 is 0. The zero-order valence-corrected chi connectivity index (χ0v) is 14.8. The van der Waals surface area contributed by atoms with Crippen molar-refractivity contribution in [3.63, 3.8) is 0 Å². The fourth-order valence-electron chi connectivity index (χ4n) is 2.82. The van der Waals surface area contributed by atoms with Crippen LogP contribution >= 0.6 is 0 Å². The lowest BCUT2D eigenvalue weighted by Gasteiger charge is -2.35. The molecule has 7 nitrogen and oxygen atoms in total. The third-order valence-electron chi connectivity index (χ3n) is 4.09. The highest BCUT2D eigenvalue weighted by Crippen LogP contribution is 2.11. The maximum Gasteiger partial charge on any atom is 0.225 e. The van der Waals surface area contributed by atoms with Gasteiger partial charge in [-0.3, -0.25) is 9.59 Å². The highest BCUT2D eigenvalue weighted by Gasteiger charge is 2.23. The van der Waals surface area contributed by atoms with Crippen molar-refractivity contribution in [2.24, 2.45) is 5.92 Å². The van der Waals surface area contributed by atoms with Crippen LogP contribution in [0.1, 0.15) is 27.2 Å². The second kappa shape index (κ2) is 8.61. The number of amides is 2. The lowest BCUT2D eigenvalue weighted by Crippen LogP contribution is -2.50. The van der Waals surface area contributed by atoms with Crippen LogP contribution < -0.4 is 4.90 Å². The van der Waals surface area contributed by atoms with Gasteiger partial charge in [-0.05, 0) is 12.0 Å². The summed E-state index contributed by atoms with van der Waals surface area (Å²) in [4.78, 5) is 38.2. The van der Waals surface area contributed by atoms with Gasteiger partial charge in [-0.1, -0.05) is 13.8 Å². The predicted octanol–water partition coefficient (Wildman–Crippen LogP) is 1.02. The number of carbonyl (C=O) groups excluding carboxylic acids is 2. The monoisotopic (exact) mass is 333 g/mol. The molecule has 1 aliphatic rings. The Morgan fingerprint density at radius 1 is 1.17 bits per heavy atom. The molecule has 0 unspecified atom stereocenters. The van der Waals surface area contributed by atoms with E-state index < -0.39 is 0 Å². The summed E-state index contributed by atoms with van der Waals surface area (Å²) in [5.74, 6) is 1.25. The maximum absolute atomic E-state index is 12.4. The summed E-state index contributed by atoms with van der Waals surface area (Å²) in [5.41, 5.74) is 0. The average Bonchev–Trinajstić information content (AvgIpc) is 2.58. The predicted molar refractivity (Wildman–Crippen MR) is 92.5 cm³/mol. The van der Waals surface area contributed by atoms with Crippen LogP contribution in [-0.4, -0.2) is 70.9 Å². The Hall–Kier alpha value is -2.18. The molecule has 1 aromatic heterocycles. The van der Waals surface area contributed by atoms with Gasteiger partial charge in [0.05, 0.1) is 0 Å². The fourth-order valence-corrected chi connectivity index (χ4v) is 2.82. The van der Waals surface area contributed by atoms with Gasteiger partial charge in [0.1, 0.15) is 0 Å². The van der Waals surface area contributed by atoms with Crippen molar-refractivity contribution in [1.29, 1.82) is 0 Å². The quantitative estimate of drug-likeness (QED) is 0.777. The Kier molecular flexibility index (Phi) is 6.52. The smallest absolute Gasteiger partial charge is 0.225 e. The zero-order chi connectivity index (χ0) is 17.5. The lowest BCUT2D eigenvalue weighted by molar-refractivity contribution is -0.133. The van der Waals surface area contributed by atoms with E-state index in [4.69, 9.17) is 0 Å². The normalized spacial score (nSPS) is 14.8. The summed E-state index contributed by atoms with van der Waals surface area (Å²) in [6.07, 6.45) is 3.84. The zero-order valence-electron chi connectivity index (χ0n) is 14.8. The molecule has 24 heavy (non-hydrogen) atoms. The van der Waals surface area contributed by atoms with Crippen LogP contribution in [0.15, 0.2) is 18.5 Å². The number of nitrogens with zero attached hydrogens (tertiary/aromatic N) is 5. The summed E-state index contributed by atoms with van der Waals surface area (Å²) >= 11 is 0. The maximum atomic E-state index is 12.4. The summed E-state index contributed by atoms with van der Waals surface area (Å²) in [6.45, 7) is 9.70. The second-order valence-corrected chi connectivity index (χ2v) is 6.53. The number of aromatic nitrogens is 2. The Labute approximate surface area is 143 Å². The van der Waals surface area contributed by atoms with Crippen molar-refractivity contribution >= 4 is 17.8 Å². The first kappa shape index (κ1) is 18.2. The molecule has 0 spiro atoms. The molecule has 0 atom stereocenters. The van der Waals surface area contributed by atoms with Gasteiger partial charge in [0.15, 0.2) is 0 Å². The van der Waals surface area contributed by atoms with Crippen LogP contribution in [0.4, 0.5) is 5.95 Å². The van der Waals surface area contributed by atoms with Gasteiger partial charge in [-0.2, -0.15) is 0 Å². The first-order valence-electron chi connectivity index (χ1n) is 8.52. The van der Waals surface area contributed by atoms with E-state index in [1.54, 1.807) is 30.3 Å². The van der Waals surface area contributed by atoms with Gasteiger partial charge in [0, 0.05) is 65.0 Å². The van der Waals surface area contributed by atoms with Crippen molar-refractivity contribution in [1.82, 2.24) is 19.8 Å². The largest absolute Gasteiger partial charge is 0.342 e. The average molecular weight is 333 g/mol. The number of carbonyl (C=O) groups is 2. The molecule has 1 saturated heterocycles. The minimum Gasteiger partial charge on any atom is -0.342 e. The van der Waals surface area contributed by atoms with Crippen LogP contribution in [0, 0.1) is 5.92 Å². The van der Waals surface area contributed by atoms with E-state index in [1.165, 1.54) is 0 Å². The van der Waals surface area contributed by atoms with Crippen LogP contribution in [-0.2, 0) is 9.59 Å². The van der Waals surface area contributed by atoms with Gasteiger partial charge < -0.3 is 14.7 Å². The van der Waals surface area contributed by atoms with Crippen LogP contribution in [0.2, 0.25) is 0 Å². The second-order valence-electron chi connectivity index (χ2n) is 6.53. The van der Waals surface area contributed by atoms with E-state index in [0.29, 0.717) is 44.5 Å². The molecule has 1 aliphatic heterocycles. The Balaban J connectivity index is 1.79. The molecule has 132 valence electrons. The van der Waals surface area contributed by atoms with E-state index in [9.17, 15) is 9.59 Å². The Bertz CT molecular complexity index is 541. The number of rotatable bonds is 6. The molecular formula is C17H27N5O2. The van der Waals surface area contributed by atoms with Crippen LogP contribution in [0.5, 0.6) is 0 Å². The molecule has 0 aromatic carbocycles. The summed E-state index contributed by atoms with van der Waals surface area (Å²) in [6, 6.07) is 1.79. The van der Waals surface area contributed by atoms with Crippen molar-refractivity contribution in [3.8, 4) is 0 Å². The Morgan fingerprint density at radius 3 is 2.33 bits per heavy atom. The molecule has 1 aromatic rings. The van der Waals surface area contributed by atoms with Crippen molar-refractivity contribution in [3.05, 3.63) is 18.5 Å². The van der Waals surface area contributed by atoms with Gasteiger partial charge in [-0.25, -0.2) is 9.97 Å². The fraction of sp³-hybridized carbons (Fsp3) is 0.647.